The molecule has 0 amide bonds. The Balaban J connectivity index is 3.23. The quantitative estimate of drug-likeness (QED) is 0.331. The summed E-state index contributed by atoms with van der Waals surface area (Å²) in [7, 11) is 3.61. The van der Waals surface area contributed by atoms with Crippen LogP contribution in [0.1, 0.15) is 18.7 Å². The lowest BCUT2D eigenvalue weighted by Crippen LogP contribution is -2.43. The molecule has 1 atom stereocenters. The molecule has 0 aliphatic carbocycles. The minimum absolute atomic E-state index is 0.0185. The van der Waals surface area contributed by atoms with E-state index in [2.05, 4.69) is 0 Å². The molecule has 1 aromatic rings. The molecule has 8 heteroatoms. The predicted octanol–water partition coefficient (Wildman–Crippen LogP) is 1.97. The fraction of sp³-hybridized carbons (Fsp3) is 0.583. The van der Waals surface area contributed by atoms with Crippen LogP contribution in [0, 0.1) is 10.1 Å². The van der Waals surface area contributed by atoms with Gasteiger partial charge in [0.05, 0.1) is 16.3 Å². The molecular formula is C12H18N2O5S. The molecule has 0 fully saturated rings. The molecule has 0 N–H and O–H groups in total. The van der Waals surface area contributed by atoms with E-state index in [0.29, 0.717) is 11.5 Å². The fourth-order valence-electron chi connectivity index (χ4n) is 1.82. The van der Waals surface area contributed by atoms with Crippen molar-refractivity contribution in [1.82, 2.24) is 4.90 Å². The van der Waals surface area contributed by atoms with Crippen LogP contribution >= 0.6 is 11.3 Å². The van der Waals surface area contributed by atoms with Crippen molar-refractivity contribution in [2.24, 2.45) is 0 Å². The first-order valence-corrected chi connectivity index (χ1v) is 6.85. The summed E-state index contributed by atoms with van der Waals surface area (Å²) in [6, 6.07) is 2.94. The molecular weight excluding hydrogens is 284 g/mol. The standard InChI is InChI=1S/C12H18N2O5S/c1-5-18-12(8-13(3)4,19-9(2)15)10-6-7-11(20-10)14(16)17/h6-7H,5,8H2,1-4H3. The van der Waals surface area contributed by atoms with Gasteiger partial charge in [-0.1, -0.05) is 11.3 Å². The number of carbonyl (C=O) groups is 1. The number of hydrogen-bond donors (Lipinski definition) is 0. The van der Waals surface area contributed by atoms with E-state index in [4.69, 9.17) is 9.47 Å². The Morgan fingerprint density at radius 1 is 1.50 bits per heavy atom. The molecule has 0 spiro atoms. The van der Waals surface area contributed by atoms with Gasteiger partial charge in [0.2, 0.25) is 0 Å². The zero-order valence-electron chi connectivity index (χ0n) is 11.9. The average Bonchev–Trinajstić information content (AvgIpc) is 2.76. The van der Waals surface area contributed by atoms with E-state index in [9.17, 15) is 14.9 Å². The molecule has 0 saturated heterocycles. The van der Waals surface area contributed by atoms with E-state index in [1.807, 2.05) is 0 Å². The summed E-state index contributed by atoms with van der Waals surface area (Å²) in [5, 5.41) is 10.8. The van der Waals surface area contributed by atoms with E-state index >= 15 is 0 Å². The van der Waals surface area contributed by atoms with Gasteiger partial charge in [-0.3, -0.25) is 14.9 Å². The largest absolute Gasteiger partial charge is 0.426 e. The Hall–Kier alpha value is -1.51. The SMILES string of the molecule is CCOC(CN(C)C)(OC(C)=O)c1ccc([N+](=O)[O-])s1. The lowest BCUT2D eigenvalue weighted by atomic mass is 10.2. The van der Waals surface area contributed by atoms with Gasteiger partial charge in [-0.2, -0.15) is 0 Å². The minimum Gasteiger partial charge on any atom is -0.426 e. The monoisotopic (exact) mass is 302 g/mol. The molecule has 7 nitrogen and oxygen atoms in total. The van der Waals surface area contributed by atoms with Crippen LogP contribution < -0.4 is 0 Å². The molecule has 20 heavy (non-hydrogen) atoms. The van der Waals surface area contributed by atoms with Crippen molar-refractivity contribution in [3.8, 4) is 0 Å². The van der Waals surface area contributed by atoms with Gasteiger partial charge in [0, 0.05) is 19.6 Å². The zero-order chi connectivity index (χ0) is 15.3. The lowest BCUT2D eigenvalue weighted by Gasteiger charge is -2.33. The molecule has 1 aromatic heterocycles. The van der Waals surface area contributed by atoms with Crippen molar-refractivity contribution < 1.29 is 19.2 Å². The maximum Gasteiger partial charge on any atom is 0.324 e. The number of rotatable bonds is 7. The number of thiophene rings is 1. The van der Waals surface area contributed by atoms with E-state index in [1.54, 1.807) is 32.0 Å². The molecule has 0 radical (unpaired) electrons. The van der Waals surface area contributed by atoms with Crippen molar-refractivity contribution in [2.45, 2.75) is 19.6 Å². The van der Waals surface area contributed by atoms with Crippen LogP contribution in [0.5, 0.6) is 0 Å². The molecule has 1 unspecified atom stereocenters. The second-order valence-corrected chi connectivity index (χ2v) is 5.47. The third kappa shape index (κ3) is 3.99. The van der Waals surface area contributed by atoms with Gasteiger partial charge in [-0.15, -0.1) is 0 Å². The highest BCUT2D eigenvalue weighted by Crippen LogP contribution is 2.36. The maximum absolute atomic E-state index is 11.4. The number of likely N-dealkylation sites (N-methyl/N-ethyl adjacent to an activating group) is 1. The molecule has 1 heterocycles. The number of nitro groups is 1. The molecule has 0 aliphatic rings. The summed E-state index contributed by atoms with van der Waals surface area (Å²) in [4.78, 5) is 24.0. The molecule has 0 bridgehead atoms. The number of ether oxygens (including phenoxy) is 2. The number of carbonyl (C=O) groups excluding carboxylic acids is 1. The fourth-order valence-corrected chi connectivity index (χ4v) is 2.71. The van der Waals surface area contributed by atoms with Gasteiger partial charge in [-0.05, 0) is 27.1 Å². The normalized spacial score (nSPS) is 14.1. The van der Waals surface area contributed by atoms with E-state index < -0.39 is 16.7 Å². The van der Waals surface area contributed by atoms with Crippen LogP contribution in [-0.2, 0) is 20.1 Å². The third-order valence-corrected chi connectivity index (χ3v) is 3.52. The lowest BCUT2D eigenvalue weighted by molar-refractivity contribution is -0.380. The van der Waals surface area contributed by atoms with Crippen molar-refractivity contribution in [1.29, 1.82) is 0 Å². The summed E-state index contributed by atoms with van der Waals surface area (Å²) in [6.07, 6.45) is 0. The van der Waals surface area contributed by atoms with Gasteiger partial charge in [0.15, 0.2) is 0 Å². The van der Waals surface area contributed by atoms with Crippen LogP contribution in [0.25, 0.3) is 0 Å². The molecule has 0 aromatic carbocycles. The van der Waals surface area contributed by atoms with Gasteiger partial charge >= 0.3 is 11.0 Å². The first kappa shape index (κ1) is 16.5. The Morgan fingerprint density at radius 2 is 2.15 bits per heavy atom. The summed E-state index contributed by atoms with van der Waals surface area (Å²) in [5.41, 5.74) is 0. The van der Waals surface area contributed by atoms with Crippen LogP contribution in [-0.4, -0.2) is 43.0 Å². The Bertz CT molecular complexity index is 488. The van der Waals surface area contributed by atoms with Crippen molar-refractivity contribution >= 4 is 22.3 Å². The first-order chi connectivity index (χ1) is 9.30. The van der Waals surface area contributed by atoms with Gasteiger partial charge < -0.3 is 14.4 Å². The summed E-state index contributed by atoms with van der Waals surface area (Å²) in [6.45, 7) is 3.65. The van der Waals surface area contributed by atoms with Crippen LogP contribution in [0.2, 0.25) is 0 Å². The van der Waals surface area contributed by atoms with Gasteiger partial charge in [-0.25, -0.2) is 0 Å². The minimum atomic E-state index is -1.32. The van der Waals surface area contributed by atoms with Crippen molar-refractivity contribution in [3.63, 3.8) is 0 Å². The highest BCUT2D eigenvalue weighted by Gasteiger charge is 2.40. The Kier molecular flexibility index (Phi) is 5.61. The van der Waals surface area contributed by atoms with Crippen LogP contribution in [0.4, 0.5) is 5.00 Å². The van der Waals surface area contributed by atoms with E-state index in [-0.39, 0.29) is 11.5 Å². The van der Waals surface area contributed by atoms with Gasteiger partial charge in [0.1, 0.15) is 0 Å². The van der Waals surface area contributed by atoms with E-state index in [1.165, 1.54) is 13.0 Å². The summed E-state index contributed by atoms with van der Waals surface area (Å²) >= 11 is 0.944. The second-order valence-electron chi connectivity index (χ2n) is 4.41. The van der Waals surface area contributed by atoms with Crippen molar-refractivity contribution in [3.05, 3.63) is 27.1 Å². The summed E-state index contributed by atoms with van der Waals surface area (Å²) < 4.78 is 11.0. The zero-order valence-corrected chi connectivity index (χ0v) is 12.7. The topological polar surface area (TPSA) is 81.9 Å². The highest BCUT2D eigenvalue weighted by molar-refractivity contribution is 7.15. The molecule has 112 valence electrons. The van der Waals surface area contributed by atoms with Crippen LogP contribution in [0.15, 0.2) is 12.1 Å². The van der Waals surface area contributed by atoms with Crippen LogP contribution in [0.3, 0.4) is 0 Å². The molecule has 0 aliphatic heterocycles. The molecule has 0 saturated carbocycles. The average molecular weight is 302 g/mol. The number of hydrogen-bond acceptors (Lipinski definition) is 7. The third-order valence-electron chi connectivity index (χ3n) is 2.36. The summed E-state index contributed by atoms with van der Waals surface area (Å²) in [5.74, 6) is -1.82. The smallest absolute Gasteiger partial charge is 0.324 e. The Labute approximate surface area is 121 Å². The van der Waals surface area contributed by atoms with Gasteiger partial charge in [0.25, 0.3) is 5.79 Å². The number of esters is 1. The first-order valence-electron chi connectivity index (χ1n) is 6.03. The second kappa shape index (κ2) is 6.78. The maximum atomic E-state index is 11.4. The molecule has 1 rings (SSSR count). The van der Waals surface area contributed by atoms with Crippen molar-refractivity contribution in [2.75, 3.05) is 27.2 Å². The Morgan fingerprint density at radius 3 is 2.55 bits per heavy atom. The number of nitrogens with zero attached hydrogens (tertiary/aromatic N) is 2. The van der Waals surface area contributed by atoms with E-state index in [0.717, 1.165) is 11.3 Å². The highest BCUT2D eigenvalue weighted by atomic mass is 32.1. The predicted molar refractivity (Wildman–Crippen MR) is 74.6 cm³/mol.